The number of benzene rings is 1. The van der Waals surface area contributed by atoms with Crippen molar-refractivity contribution in [2.24, 2.45) is 0 Å². The van der Waals surface area contributed by atoms with Crippen molar-refractivity contribution in [3.05, 3.63) is 35.4 Å². The summed E-state index contributed by atoms with van der Waals surface area (Å²) in [6.07, 6.45) is 0.679. The van der Waals surface area contributed by atoms with Gasteiger partial charge in [0, 0.05) is 0 Å². The molecule has 0 spiro atoms. The third-order valence-corrected chi connectivity index (χ3v) is 2.31. The lowest BCUT2D eigenvalue weighted by molar-refractivity contribution is 0.503. The third kappa shape index (κ3) is 2.08. The molecule has 0 bridgehead atoms. The van der Waals surface area contributed by atoms with Crippen molar-refractivity contribution in [1.29, 1.82) is 0 Å². The SMILES string of the molecule is [B]C(C)(CC)c1ccc(F)c(F)c1. The predicted molar refractivity (Wildman–Crippen MR) is 49.8 cm³/mol. The fourth-order valence-corrected chi connectivity index (χ4v) is 1.06. The molecule has 0 fully saturated rings. The average Bonchev–Trinajstić information content (AvgIpc) is 2.09. The van der Waals surface area contributed by atoms with E-state index in [1.165, 1.54) is 6.07 Å². The van der Waals surface area contributed by atoms with Crippen LogP contribution < -0.4 is 0 Å². The Bertz CT molecular complexity index is 308. The van der Waals surface area contributed by atoms with Crippen LogP contribution in [0, 0.1) is 11.6 Å². The molecule has 0 N–H and O–H groups in total. The molecule has 0 aliphatic heterocycles. The molecule has 0 aliphatic rings. The minimum absolute atomic E-state index is 0.589. The highest BCUT2D eigenvalue weighted by Crippen LogP contribution is 2.24. The first kappa shape index (κ1) is 10.2. The molecule has 2 radical (unpaired) electrons. The molecule has 1 rings (SSSR count). The lowest BCUT2D eigenvalue weighted by atomic mass is 9.64. The summed E-state index contributed by atoms with van der Waals surface area (Å²) in [5.74, 6) is -1.68. The first-order valence-corrected chi connectivity index (χ1v) is 4.22. The van der Waals surface area contributed by atoms with Crippen LogP contribution in [-0.4, -0.2) is 7.85 Å². The topological polar surface area (TPSA) is 0 Å². The zero-order chi connectivity index (χ0) is 10.1. The summed E-state index contributed by atoms with van der Waals surface area (Å²) in [4.78, 5) is 0. The maximum absolute atomic E-state index is 12.8. The van der Waals surface area contributed by atoms with E-state index < -0.39 is 16.9 Å². The smallest absolute Gasteiger partial charge is 0.159 e. The summed E-state index contributed by atoms with van der Waals surface area (Å²) in [5, 5.41) is -0.589. The predicted octanol–water partition coefficient (Wildman–Crippen LogP) is 2.76. The Morgan fingerprint density at radius 3 is 2.38 bits per heavy atom. The Morgan fingerprint density at radius 2 is 1.92 bits per heavy atom. The Labute approximate surface area is 78.4 Å². The van der Waals surface area contributed by atoms with Gasteiger partial charge in [0.25, 0.3) is 0 Å². The molecule has 1 atom stereocenters. The lowest BCUT2D eigenvalue weighted by Gasteiger charge is -2.23. The molecule has 0 amide bonds. The van der Waals surface area contributed by atoms with Crippen molar-refractivity contribution < 1.29 is 8.78 Å². The van der Waals surface area contributed by atoms with Crippen LogP contribution in [0.5, 0.6) is 0 Å². The van der Waals surface area contributed by atoms with Crippen molar-refractivity contribution >= 4 is 7.85 Å². The summed E-state index contributed by atoms with van der Waals surface area (Å²) in [6.45, 7) is 3.70. The van der Waals surface area contributed by atoms with E-state index in [0.29, 0.717) is 12.0 Å². The van der Waals surface area contributed by atoms with E-state index in [9.17, 15) is 8.78 Å². The van der Waals surface area contributed by atoms with Gasteiger partial charge in [0.15, 0.2) is 11.6 Å². The van der Waals surface area contributed by atoms with Gasteiger partial charge in [-0.05, 0) is 23.0 Å². The number of hydrogen-bond acceptors (Lipinski definition) is 0. The molecule has 0 aliphatic carbocycles. The summed E-state index contributed by atoms with van der Waals surface area (Å²) >= 11 is 0. The van der Waals surface area contributed by atoms with Gasteiger partial charge in [0.05, 0.1) is 7.85 Å². The second-order valence-corrected chi connectivity index (χ2v) is 3.40. The molecular weight excluding hydrogens is 169 g/mol. The second-order valence-electron chi connectivity index (χ2n) is 3.40. The highest BCUT2D eigenvalue weighted by molar-refractivity contribution is 6.15. The van der Waals surface area contributed by atoms with Crippen molar-refractivity contribution in [2.45, 2.75) is 25.6 Å². The molecule has 0 nitrogen and oxygen atoms in total. The van der Waals surface area contributed by atoms with Crippen molar-refractivity contribution in [3.8, 4) is 0 Å². The second kappa shape index (κ2) is 3.48. The van der Waals surface area contributed by atoms with Gasteiger partial charge in [-0.15, -0.1) is 0 Å². The van der Waals surface area contributed by atoms with Crippen molar-refractivity contribution in [3.63, 3.8) is 0 Å². The van der Waals surface area contributed by atoms with Gasteiger partial charge in [0.1, 0.15) is 0 Å². The lowest BCUT2D eigenvalue weighted by Crippen LogP contribution is -2.20. The Balaban J connectivity index is 3.10. The normalized spacial score (nSPS) is 15.4. The monoisotopic (exact) mass is 180 g/mol. The Kier molecular flexibility index (Phi) is 2.74. The van der Waals surface area contributed by atoms with Crippen molar-refractivity contribution in [1.82, 2.24) is 0 Å². The summed E-state index contributed by atoms with van der Waals surface area (Å²) in [7, 11) is 5.87. The van der Waals surface area contributed by atoms with Crippen LogP contribution in [0.15, 0.2) is 18.2 Å². The first-order valence-electron chi connectivity index (χ1n) is 4.22. The number of rotatable bonds is 2. The van der Waals surface area contributed by atoms with E-state index in [4.69, 9.17) is 7.85 Å². The standard InChI is InChI=1S/C10H11BF2/c1-3-10(2,11)7-4-5-8(12)9(13)6-7/h4-6H,3H2,1-2H3. The zero-order valence-electron chi connectivity index (χ0n) is 7.77. The fraction of sp³-hybridized carbons (Fsp3) is 0.400. The van der Waals surface area contributed by atoms with Crippen LogP contribution >= 0.6 is 0 Å². The van der Waals surface area contributed by atoms with Crippen LogP contribution in [0.2, 0.25) is 0 Å². The van der Waals surface area contributed by atoms with E-state index in [2.05, 4.69) is 0 Å². The van der Waals surface area contributed by atoms with E-state index in [-0.39, 0.29) is 0 Å². The Morgan fingerprint density at radius 1 is 1.31 bits per heavy atom. The van der Waals surface area contributed by atoms with E-state index in [0.717, 1.165) is 12.1 Å². The van der Waals surface area contributed by atoms with E-state index in [1.807, 2.05) is 6.92 Å². The molecule has 0 saturated heterocycles. The molecular formula is C10H11BF2. The number of hydrogen-bond donors (Lipinski definition) is 0. The van der Waals surface area contributed by atoms with Crippen LogP contribution in [0.1, 0.15) is 25.8 Å². The minimum atomic E-state index is -0.845. The molecule has 68 valence electrons. The van der Waals surface area contributed by atoms with Crippen LogP contribution in [0.4, 0.5) is 8.78 Å². The quantitative estimate of drug-likeness (QED) is 0.613. The number of halogens is 2. The molecule has 0 heterocycles. The van der Waals surface area contributed by atoms with E-state index >= 15 is 0 Å². The largest absolute Gasteiger partial charge is 0.204 e. The van der Waals surface area contributed by atoms with Gasteiger partial charge in [0.2, 0.25) is 0 Å². The molecule has 1 unspecified atom stereocenters. The third-order valence-electron chi connectivity index (χ3n) is 2.31. The van der Waals surface area contributed by atoms with Crippen molar-refractivity contribution in [2.75, 3.05) is 0 Å². The van der Waals surface area contributed by atoms with Gasteiger partial charge in [-0.3, -0.25) is 0 Å². The van der Waals surface area contributed by atoms with Gasteiger partial charge >= 0.3 is 0 Å². The molecule has 0 saturated carbocycles. The summed E-state index contributed by atoms with van der Waals surface area (Å²) < 4.78 is 25.4. The van der Waals surface area contributed by atoms with Gasteiger partial charge < -0.3 is 0 Å². The summed E-state index contributed by atoms with van der Waals surface area (Å²) in [6, 6.07) is 3.77. The molecule has 3 heteroatoms. The molecule has 13 heavy (non-hydrogen) atoms. The summed E-state index contributed by atoms with van der Waals surface area (Å²) in [5.41, 5.74) is 0.619. The molecule has 1 aromatic carbocycles. The minimum Gasteiger partial charge on any atom is -0.204 e. The molecule has 0 aromatic heterocycles. The van der Waals surface area contributed by atoms with Crippen LogP contribution in [0.25, 0.3) is 0 Å². The van der Waals surface area contributed by atoms with Gasteiger partial charge in [-0.25, -0.2) is 8.78 Å². The van der Waals surface area contributed by atoms with Crippen LogP contribution in [-0.2, 0) is 5.31 Å². The first-order chi connectivity index (χ1) is 5.97. The molecule has 1 aromatic rings. The van der Waals surface area contributed by atoms with Gasteiger partial charge in [-0.1, -0.05) is 26.3 Å². The highest BCUT2D eigenvalue weighted by Gasteiger charge is 2.18. The average molecular weight is 180 g/mol. The van der Waals surface area contributed by atoms with Gasteiger partial charge in [-0.2, -0.15) is 0 Å². The van der Waals surface area contributed by atoms with Crippen LogP contribution in [0.3, 0.4) is 0 Å². The fourth-order valence-electron chi connectivity index (χ4n) is 1.06. The zero-order valence-corrected chi connectivity index (χ0v) is 7.77. The highest BCUT2D eigenvalue weighted by atomic mass is 19.2. The Hall–Kier alpha value is -0.855. The van der Waals surface area contributed by atoms with E-state index in [1.54, 1.807) is 6.92 Å². The maximum Gasteiger partial charge on any atom is 0.159 e. The maximum atomic E-state index is 12.8.